The second-order valence-corrected chi connectivity index (χ2v) is 9.65. The Morgan fingerprint density at radius 1 is 0.923 bits per heavy atom. The highest BCUT2D eigenvalue weighted by atomic mass is 16.3. The van der Waals surface area contributed by atoms with Gasteiger partial charge in [-0.25, -0.2) is 4.79 Å². The van der Waals surface area contributed by atoms with Crippen molar-refractivity contribution >= 4 is 17.1 Å². The van der Waals surface area contributed by atoms with Crippen molar-refractivity contribution in [3.8, 4) is 0 Å². The lowest BCUT2D eigenvalue weighted by Crippen LogP contribution is -2.38. The minimum atomic E-state index is -0.832. The molecule has 5 rings (SSSR count). The van der Waals surface area contributed by atoms with Gasteiger partial charge in [-0.3, -0.25) is 18.8 Å². The zero-order chi connectivity index (χ0) is 27.4. The van der Waals surface area contributed by atoms with Crippen LogP contribution in [0.25, 0.3) is 11.2 Å². The number of furan rings is 1. The Kier molecular flexibility index (Phi) is 7.76. The van der Waals surface area contributed by atoms with E-state index in [1.807, 2.05) is 42.5 Å². The number of imidazole rings is 1. The van der Waals surface area contributed by atoms with Crippen LogP contribution in [-0.2, 0) is 40.3 Å². The standard InChI is InChI=1S/C29H32N6O4/c1-32-26-25(27(37)33(2)29(32)38)35(28(31-26)30-16-24-14-9-15-39-24)20-23(36)19-34(17-21-10-5-3-6-11-21)18-22-12-7-4-8-13-22/h3-15,23,36H,16-20H2,1-2H3,(H,30,31)/t23-/m1/s1. The minimum Gasteiger partial charge on any atom is -0.467 e. The highest BCUT2D eigenvalue weighted by molar-refractivity contribution is 5.74. The second kappa shape index (κ2) is 11.5. The number of aliphatic hydroxyl groups is 1. The number of anilines is 1. The number of fused-ring (bicyclic) bond motifs is 1. The van der Waals surface area contributed by atoms with Crippen LogP contribution in [0.4, 0.5) is 5.95 Å². The third kappa shape index (κ3) is 5.87. The summed E-state index contributed by atoms with van der Waals surface area (Å²) >= 11 is 0. The molecule has 10 nitrogen and oxygen atoms in total. The normalized spacial score (nSPS) is 12.3. The molecule has 0 bridgehead atoms. The molecule has 0 saturated carbocycles. The number of aromatic nitrogens is 4. The lowest BCUT2D eigenvalue weighted by atomic mass is 10.1. The van der Waals surface area contributed by atoms with Crippen LogP contribution in [0.15, 0.2) is 93.1 Å². The maximum Gasteiger partial charge on any atom is 0.332 e. The lowest BCUT2D eigenvalue weighted by molar-refractivity contribution is 0.0919. The summed E-state index contributed by atoms with van der Waals surface area (Å²) in [4.78, 5) is 32.5. The van der Waals surface area contributed by atoms with Crippen molar-refractivity contribution in [2.45, 2.75) is 32.3 Å². The molecular formula is C29H32N6O4. The van der Waals surface area contributed by atoms with Crippen molar-refractivity contribution in [3.63, 3.8) is 0 Å². The summed E-state index contributed by atoms with van der Waals surface area (Å²) in [6.07, 6.45) is 0.748. The van der Waals surface area contributed by atoms with Crippen LogP contribution in [0.5, 0.6) is 0 Å². The van der Waals surface area contributed by atoms with Gasteiger partial charge in [-0.05, 0) is 23.3 Å². The Morgan fingerprint density at radius 2 is 1.56 bits per heavy atom. The zero-order valence-electron chi connectivity index (χ0n) is 22.0. The van der Waals surface area contributed by atoms with E-state index in [1.54, 1.807) is 23.9 Å². The van der Waals surface area contributed by atoms with E-state index in [9.17, 15) is 14.7 Å². The van der Waals surface area contributed by atoms with Gasteiger partial charge in [0.15, 0.2) is 11.2 Å². The van der Waals surface area contributed by atoms with Crippen molar-refractivity contribution in [1.82, 2.24) is 23.6 Å². The largest absolute Gasteiger partial charge is 0.467 e. The highest BCUT2D eigenvalue weighted by Gasteiger charge is 2.22. The maximum atomic E-state index is 13.2. The van der Waals surface area contributed by atoms with Crippen molar-refractivity contribution < 1.29 is 9.52 Å². The molecule has 0 fully saturated rings. The molecule has 0 saturated heterocycles. The van der Waals surface area contributed by atoms with Gasteiger partial charge in [0.05, 0.1) is 25.5 Å². The SMILES string of the molecule is Cn1c(=O)c2c(nc(NCc3ccco3)n2C[C@H](O)CN(Cc2ccccc2)Cc2ccccc2)n(C)c1=O. The molecule has 2 N–H and O–H groups in total. The highest BCUT2D eigenvalue weighted by Crippen LogP contribution is 2.19. The molecule has 2 aromatic carbocycles. The van der Waals surface area contributed by atoms with Gasteiger partial charge in [-0.15, -0.1) is 0 Å². The van der Waals surface area contributed by atoms with Crippen molar-refractivity contribution in [2.75, 3.05) is 11.9 Å². The lowest BCUT2D eigenvalue weighted by Gasteiger charge is -2.26. The van der Waals surface area contributed by atoms with E-state index >= 15 is 0 Å². The molecule has 5 aromatic rings. The summed E-state index contributed by atoms with van der Waals surface area (Å²) in [5.41, 5.74) is 1.84. The number of hydrogen-bond donors (Lipinski definition) is 2. The summed E-state index contributed by atoms with van der Waals surface area (Å²) in [5.74, 6) is 1.06. The van der Waals surface area contributed by atoms with E-state index in [-0.39, 0.29) is 17.7 Å². The molecule has 0 aliphatic carbocycles. The van der Waals surface area contributed by atoms with Gasteiger partial charge in [0.2, 0.25) is 5.95 Å². The van der Waals surface area contributed by atoms with Crippen LogP contribution < -0.4 is 16.6 Å². The summed E-state index contributed by atoms with van der Waals surface area (Å²) < 4.78 is 9.48. The Balaban J connectivity index is 1.45. The quantitative estimate of drug-likeness (QED) is 0.271. The Hall–Kier alpha value is -4.41. The van der Waals surface area contributed by atoms with E-state index in [0.29, 0.717) is 37.9 Å². The number of rotatable bonds is 11. The molecule has 39 heavy (non-hydrogen) atoms. The maximum absolute atomic E-state index is 13.2. The fraction of sp³-hybridized carbons (Fsp3) is 0.276. The van der Waals surface area contributed by atoms with Gasteiger partial charge in [-0.1, -0.05) is 60.7 Å². The molecule has 3 aromatic heterocycles. The molecule has 0 aliphatic heterocycles. The van der Waals surface area contributed by atoms with Crippen molar-refractivity contribution in [3.05, 3.63) is 117 Å². The van der Waals surface area contributed by atoms with Gasteiger partial charge in [0.1, 0.15) is 5.76 Å². The molecule has 1 atom stereocenters. The van der Waals surface area contributed by atoms with Crippen LogP contribution in [0, 0.1) is 0 Å². The number of nitrogens with zero attached hydrogens (tertiary/aromatic N) is 5. The number of nitrogens with one attached hydrogen (secondary N) is 1. The summed E-state index contributed by atoms with van der Waals surface area (Å²) in [7, 11) is 3.02. The minimum absolute atomic E-state index is 0.102. The van der Waals surface area contributed by atoms with Crippen LogP contribution in [0.2, 0.25) is 0 Å². The topological polar surface area (TPSA) is 110 Å². The first-order chi connectivity index (χ1) is 18.9. The molecule has 0 aliphatic rings. The second-order valence-electron chi connectivity index (χ2n) is 9.65. The Morgan fingerprint density at radius 3 is 2.15 bits per heavy atom. The molecule has 202 valence electrons. The first-order valence-corrected chi connectivity index (χ1v) is 12.8. The van der Waals surface area contributed by atoms with E-state index in [1.165, 1.54) is 11.6 Å². The number of aryl methyl sites for hydroxylation is 1. The smallest absolute Gasteiger partial charge is 0.332 e. The van der Waals surface area contributed by atoms with Gasteiger partial charge in [-0.2, -0.15) is 4.98 Å². The molecular weight excluding hydrogens is 496 g/mol. The van der Waals surface area contributed by atoms with Gasteiger partial charge < -0.3 is 19.4 Å². The van der Waals surface area contributed by atoms with E-state index in [2.05, 4.69) is 39.5 Å². The van der Waals surface area contributed by atoms with Crippen molar-refractivity contribution in [1.29, 1.82) is 0 Å². The first-order valence-electron chi connectivity index (χ1n) is 12.8. The molecule has 10 heteroatoms. The number of hydrogen-bond acceptors (Lipinski definition) is 7. The average molecular weight is 529 g/mol. The molecule has 0 radical (unpaired) electrons. The van der Waals surface area contributed by atoms with Gasteiger partial charge in [0, 0.05) is 33.7 Å². The van der Waals surface area contributed by atoms with Crippen LogP contribution >= 0.6 is 0 Å². The van der Waals surface area contributed by atoms with E-state index in [0.717, 1.165) is 15.7 Å². The third-order valence-electron chi connectivity index (χ3n) is 6.71. The predicted molar refractivity (Wildman–Crippen MR) is 149 cm³/mol. The summed E-state index contributed by atoms with van der Waals surface area (Å²) in [6.45, 7) is 2.08. The van der Waals surface area contributed by atoms with Gasteiger partial charge in [0.25, 0.3) is 5.56 Å². The predicted octanol–water partition coefficient (Wildman–Crippen LogP) is 2.70. The molecule has 0 unspecified atom stereocenters. The van der Waals surface area contributed by atoms with Crippen LogP contribution in [0.1, 0.15) is 16.9 Å². The Bertz CT molecular complexity index is 1600. The van der Waals surface area contributed by atoms with E-state index in [4.69, 9.17) is 4.42 Å². The first kappa shape index (κ1) is 26.2. The third-order valence-corrected chi connectivity index (χ3v) is 6.71. The van der Waals surface area contributed by atoms with Crippen molar-refractivity contribution in [2.24, 2.45) is 14.1 Å². The Labute approximate surface area is 225 Å². The molecule has 3 heterocycles. The fourth-order valence-electron chi connectivity index (χ4n) is 4.77. The zero-order valence-corrected chi connectivity index (χ0v) is 22.0. The van der Waals surface area contributed by atoms with Crippen LogP contribution in [0.3, 0.4) is 0 Å². The van der Waals surface area contributed by atoms with Crippen LogP contribution in [-0.4, -0.2) is 41.3 Å². The van der Waals surface area contributed by atoms with Gasteiger partial charge >= 0.3 is 5.69 Å². The molecule has 0 amide bonds. The summed E-state index contributed by atoms with van der Waals surface area (Å²) in [5, 5.41) is 14.6. The average Bonchev–Trinajstić information content (AvgIpc) is 3.59. The monoisotopic (exact) mass is 528 g/mol. The van der Waals surface area contributed by atoms with E-state index < -0.39 is 17.4 Å². The number of benzene rings is 2. The fourth-order valence-corrected chi connectivity index (χ4v) is 4.77. The number of aliphatic hydroxyl groups excluding tert-OH is 1. The molecule has 0 spiro atoms. The summed E-state index contributed by atoms with van der Waals surface area (Å²) in [6, 6.07) is 23.8.